The van der Waals surface area contributed by atoms with Crippen LogP contribution in [0.4, 0.5) is 0 Å². The lowest BCUT2D eigenvalue weighted by Crippen LogP contribution is -2.55. The SMILES string of the molecule is CC(C)/C=C\[C@@H]1O[C@H]2[C@H](C(=O)O[C@H]2C)[C@H](O)[C@H]1O. The van der Waals surface area contributed by atoms with E-state index in [9.17, 15) is 15.0 Å². The Balaban J connectivity index is 2.16. The first kappa shape index (κ1) is 13.5. The predicted molar refractivity (Wildman–Crippen MR) is 63.7 cm³/mol. The van der Waals surface area contributed by atoms with E-state index in [0.717, 1.165) is 0 Å². The van der Waals surface area contributed by atoms with Crippen LogP contribution < -0.4 is 0 Å². The van der Waals surface area contributed by atoms with E-state index in [1.165, 1.54) is 0 Å². The monoisotopic (exact) mass is 256 g/mol. The fourth-order valence-corrected chi connectivity index (χ4v) is 2.44. The van der Waals surface area contributed by atoms with Crippen molar-refractivity contribution in [1.29, 1.82) is 0 Å². The van der Waals surface area contributed by atoms with E-state index in [4.69, 9.17) is 9.47 Å². The van der Waals surface area contributed by atoms with Crippen LogP contribution in [-0.4, -0.2) is 46.7 Å². The first-order chi connectivity index (χ1) is 8.41. The van der Waals surface area contributed by atoms with Crippen molar-refractivity contribution < 1.29 is 24.5 Å². The molecule has 2 saturated heterocycles. The second kappa shape index (κ2) is 4.99. The van der Waals surface area contributed by atoms with Crippen LogP contribution in [0.3, 0.4) is 0 Å². The molecule has 0 aromatic rings. The number of hydrogen-bond donors (Lipinski definition) is 2. The molecule has 0 bridgehead atoms. The number of allylic oxidation sites excluding steroid dienone is 1. The second-order valence-corrected chi connectivity index (χ2v) is 5.34. The quantitative estimate of drug-likeness (QED) is 0.547. The number of ether oxygens (including phenoxy) is 2. The van der Waals surface area contributed by atoms with Crippen LogP contribution >= 0.6 is 0 Å². The van der Waals surface area contributed by atoms with Crippen molar-refractivity contribution in [3.05, 3.63) is 12.2 Å². The van der Waals surface area contributed by atoms with Gasteiger partial charge in [-0.2, -0.15) is 0 Å². The Kier molecular flexibility index (Phi) is 3.75. The molecule has 0 saturated carbocycles. The lowest BCUT2D eigenvalue weighted by atomic mass is 9.86. The van der Waals surface area contributed by atoms with Crippen molar-refractivity contribution in [1.82, 2.24) is 0 Å². The van der Waals surface area contributed by atoms with Crippen LogP contribution in [0, 0.1) is 11.8 Å². The van der Waals surface area contributed by atoms with E-state index in [-0.39, 0.29) is 6.10 Å². The Bertz CT molecular complexity index is 351. The molecule has 5 heteroatoms. The highest BCUT2D eigenvalue weighted by molar-refractivity contribution is 5.76. The van der Waals surface area contributed by atoms with Crippen molar-refractivity contribution in [2.75, 3.05) is 0 Å². The van der Waals surface area contributed by atoms with E-state index in [2.05, 4.69) is 0 Å². The summed E-state index contributed by atoms with van der Waals surface area (Å²) in [7, 11) is 0. The van der Waals surface area contributed by atoms with Crippen molar-refractivity contribution in [3.8, 4) is 0 Å². The van der Waals surface area contributed by atoms with Crippen LogP contribution in [0.5, 0.6) is 0 Å². The highest BCUT2D eigenvalue weighted by Gasteiger charge is 2.54. The Morgan fingerprint density at radius 3 is 2.56 bits per heavy atom. The molecule has 2 rings (SSSR count). The van der Waals surface area contributed by atoms with Crippen LogP contribution in [0.15, 0.2) is 12.2 Å². The number of aliphatic hydroxyl groups is 2. The zero-order valence-electron chi connectivity index (χ0n) is 10.8. The maximum atomic E-state index is 11.6. The molecule has 102 valence electrons. The van der Waals surface area contributed by atoms with Gasteiger partial charge in [0.1, 0.15) is 30.3 Å². The summed E-state index contributed by atoms with van der Waals surface area (Å²) in [6.07, 6.45) is -0.0620. The first-order valence-corrected chi connectivity index (χ1v) is 6.32. The number of hydrogen-bond acceptors (Lipinski definition) is 5. The van der Waals surface area contributed by atoms with Gasteiger partial charge in [-0.1, -0.05) is 26.0 Å². The van der Waals surface area contributed by atoms with Crippen molar-refractivity contribution in [2.24, 2.45) is 11.8 Å². The third-order valence-electron chi connectivity index (χ3n) is 3.45. The fraction of sp³-hybridized carbons (Fsp3) is 0.769. The minimum absolute atomic E-state index is 0.328. The van der Waals surface area contributed by atoms with Gasteiger partial charge in [0.05, 0.1) is 6.10 Å². The molecular weight excluding hydrogens is 236 g/mol. The molecule has 0 radical (unpaired) electrons. The van der Waals surface area contributed by atoms with E-state index in [1.807, 2.05) is 19.9 Å². The Morgan fingerprint density at radius 1 is 1.28 bits per heavy atom. The topological polar surface area (TPSA) is 76.0 Å². The van der Waals surface area contributed by atoms with Gasteiger partial charge in [-0.3, -0.25) is 4.79 Å². The molecule has 0 unspecified atom stereocenters. The summed E-state index contributed by atoms with van der Waals surface area (Å²) in [5, 5.41) is 20.0. The van der Waals surface area contributed by atoms with E-state index in [1.54, 1.807) is 13.0 Å². The smallest absolute Gasteiger partial charge is 0.314 e. The summed E-state index contributed by atoms with van der Waals surface area (Å²) in [6, 6.07) is 0. The number of aliphatic hydroxyl groups excluding tert-OH is 2. The maximum absolute atomic E-state index is 11.6. The van der Waals surface area contributed by atoms with Gasteiger partial charge in [0.2, 0.25) is 0 Å². The second-order valence-electron chi connectivity index (χ2n) is 5.34. The summed E-state index contributed by atoms with van der Waals surface area (Å²) in [5.74, 6) is -0.946. The van der Waals surface area contributed by atoms with Crippen LogP contribution in [0.1, 0.15) is 20.8 Å². The highest BCUT2D eigenvalue weighted by atomic mass is 16.6. The van der Waals surface area contributed by atoms with Crippen LogP contribution in [-0.2, 0) is 14.3 Å². The number of esters is 1. The molecule has 2 N–H and O–H groups in total. The Hall–Kier alpha value is -0.910. The minimum atomic E-state index is -1.14. The summed E-state index contributed by atoms with van der Waals surface area (Å²) >= 11 is 0. The van der Waals surface area contributed by atoms with Crippen LogP contribution in [0.2, 0.25) is 0 Å². The van der Waals surface area contributed by atoms with Crippen molar-refractivity contribution in [3.63, 3.8) is 0 Å². The van der Waals surface area contributed by atoms with E-state index < -0.39 is 36.3 Å². The van der Waals surface area contributed by atoms with Gasteiger partial charge in [-0.25, -0.2) is 0 Å². The molecule has 0 aliphatic carbocycles. The van der Waals surface area contributed by atoms with Gasteiger partial charge < -0.3 is 19.7 Å². The molecule has 5 nitrogen and oxygen atoms in total. The molecule has 2 aliphatic rings. The van der Waals surface area contributed by atoms with Gasteiger partial charge in [-0.15, -0.1) is 0 Å². The van der Waals surface area contributed by atoms with Gasteiger partial charge in [0, 0.05) is 0 Å². The third-order valence-corrected chi connectivity index (χ3v) is 3.45. The number of carbonyl (C=O) groups excluding carboxylic acids is 1. The Labute approximate surface area is 106 Å². The fourth-order valence-electron chi connectivity index (χ4n) is 2.44. The van der Waals surface area contributed by atoms with Gasteiger partial charge in [0.15, 0.2) is 0 Å². The van der Waals surface area contributed by atoms with E-state index >= 15 is 0 Å². The number of rotatable bonds is 2. The molecule has 6 atom stereocenters. The van der Waals surface area contributed by atoms with Gasteiger partial charge in [0.25, 0.3) is 0 Å². The molecule has 2 fully saturated rings. The average Bonchev–Trinajstić information content (AvgIpc) is 2.57. The largest absolute Gasteiger partial charge is 0.460 e. The molecular formula is C13H20O5. The van der Waals surface area contributed by atoms with Crippen molar-refractivity contribution >= 4 is 5.97 Å². The lowest BCUT2D eigenvalue weighted by Gasteiger charge is -2.37. The van der Waals surface area contributed by atoms with Gasteiger partial charge >= 0.3 is 5.97 Å². The number of carbonyl (C=O) groups is 1. The maximum Gasteiger partial charge on any atom is 0.314 e. The zero-order valence-corrected chi connectivity index (χ0v) is 10.8. The van der Waals surface area contributed by atoms with Gasteiger partial charge in [-0.05, 0) is 12.8 Å². The number of cyclic esters (lactones) is 1. The highest BCUT2D eigenvalue weighted by Crippen LogP contribution is 2.35. The molecule has 2 heterocycles. The molecule has 2 aliphatic heterocycles. The molecule has 18 heavy (non-hydrogen) atoms. The number of fused-ring (bicyclic) bond motifs is 1. The summed E-state index contributed by atoms with van der Waals surface area (Å²) in [6.45, 7) is 5.75. The van der Waals surface area contributed by atoms with Crippen molar-refractivity contribution in [2.45, 2.75) is 51.3 Å². The third kappa shape index (κ3) is 2.30. The summed E-state index contributed by atoms with van der Waals surface area (Å²) in [4.78, 5) is 11.6. The van der Waals surface area contributed by atoms with Crippen LogP contribution in [0.25, 0.3) is 0 Å². The molecule has 0 amide bonds. The molecule has 0 aromatic heterocycles. The predicted octanol–water partition coefficient (Wildman–Crippen LogP) is 0.249. The molecule has 0 aromatic carbocycles. The zero-order chi connectivity index (χ0) is 13.4. The minimum Gasteiger partial charge on any atom is -0.460 e. The van der Waals surface area contributed by atoms with E-state index in [0.29, 0.717) is 5.92 Å². The normalized spacial score (nSPS) is 44.4. The first-order valence-electron chi connectivity index (χ1n) is 6.32. The average molecular weight is 256 g/mol. The standard InChI is InChI=1S/C13H20O5/c1-6(2)4-5-8-10(14)11(15)9-12(18-8)7(3)17-13(9)16/h4-12,14-15H,1-3H3/b5-4-/t7-,8-,9+,10-,11-,12+/m0/s1. The summed E-state index contributed by atoms with van der Waals surface area (Å²) in [5.41, 5.74) is 0. The molecule has 0 spiro atoms. The Morgan fingerprint density at radius 2 is 1.94 bits per heavy atom. The lowest BCUT2D eigenvalue weighted by molar-refractivity contribution is -0.180. The summed E-state index contributed by atoms with van der Waals surface area (Å²) < 4.78 is 10.7.